The number of nitrogens with zero attached hydrogens (tertiary/aromatic N) is 2. The summed E-state index contributed by atoms with van der Waals surface area (Å²) >= 11 is 5.84. The zero-order valence-electron chi connectivity index (χ0n) is 12.3. The highest BCUT2D eigenvalue weighted by molar-refractivity contribution is 6.30. The molecular formula is C15H21ClN4O. The van der Waals surface area contributed by atoms with Crippen LogP contribution in [0.5, 0.6) is 5.75 Å². The zero-order chi connectivity index (χ0) is 15.2. The van der Waals surface area contributed by atoms with Crippen LogP contribution in [0.15, 0.2) is 30.3 Å². The standard InChI is InChI=1S/C15H21ClN4O/c1-3-12-8-14(20(2)19-12)9-13(18-17)10-21-15-6-4-11(16)5-7-15/h4-8,13,18H,3,9-10,17H2,1-2H3. The molecule has 0 spiro atoms. The second-order valence-electron chi connectivity index (χ2n) is 4.94. The third-order valence-electron chi connectivity index (χ3n) is 3.35. The van der Waals surface area contributed by atoms with E-state index in [-0.39, 0.29) is 6.04 Å². The Labute approximate surface area is 130 Å². The first-order valence-corrected chi connectivity index (χ1v) is 7.36. The summed E-state index contributed by atoms with van der Waals surface area (Å²) in [6.45, 7) is 2.57. The number of benzene rings is 1. The Hall–Kier alpha value is -1.56. The molecule has 0 saturated heterocycles. The Morgan fingerprint density at radius 2 is 2.10 bits per heavy atom. The number of nitrogens with one attached hydrogen (secondary N) is 1. The van der Waals surface area contributed by atoms with Crippen molar-refractivity contribution < 1.29 is 4.74 Å². The molecule has 0 aliphatic heterocycles. The number of aromatic nitrogens is 2. The van der Waals surface area contributed by atoms with Crippen LogP contribution >= 0.6 is 11.6 Å². The van der Waals surface area contributed by atoms with E-state index in [4.69, 9.17) is 22.2 Å². The minimum atomic E-state index is 0.0146. The van der Waals surface area contributed by atoms with Crippen molar-refractivity contribution in [2.45, 2.75) is 25.8 Å². The molecule has 2 aromatic rings. The van der Waals surface area contributed by atoms with Crippen LogP contribution in [0.4, 0.5) is 0 Å². The van der Waals surface area contributed by atoms with Crippen molar-refractivity contribution in [2.75, 3.05) is 6.61 Å². The van der Waals surface area contributed by atoms with E-state index in [0.717, 1.165) is 30.0 Å². The number of ether oxygens (including phenoxy) is 1. The summed E-state index contributed by atoms with van der Waals surface area (Å²) in [6, 6.07) is 9.41. The molecule has 5 nitrogen and oxygen atoms in total. The van der Waals surface area contributed by atoms with Gasteiger partial charge in [-0.25, -0.2) is 0 Å². The van der Waals surface area contributed by atoms with Gasteiger partial charge in [-0.15, -0.1) is 0 Å². The Bertz CT molecular complexity index is 568. The monoisotopic (exact) mass is 308 g/mol. The van der Waals surface area contributed by atoms with Crippen molar-refractivity contribution in [1.82, 2.24) is 15.2 Å². The third-order valence-corrected chi connectivity index (χ3v) is 3.60. The van der Waals surface area contributed by atoms with E-state index in [9.17, 15) is 0 Å². The quantitative estimate of drug-likeness (QED) is 0.607. The van der Waals surface area contributed by atoms with Crippen LogP contribution in [0.25, 0.3) is 0 Å². The zero-order valence-corrected chi connectivity index (χ0v) is 13.1. The summed E-state index contributed by atoms with van der Waals surface area (Å²) in [7, 11) is 1.95. The highest BCUT2D eigenvalue weighted by Gasteiger charge is 2.13. The molecule has 1 heterocycles. The second-order valence-corrected chi connectivity index (χ2v) is 5.37. The molecule has 21 heavy (non-hydrogen) atoms. The van der Waals surface area contributed by atoms with Crippen molar-refractivity contribution in [1.29, 1.82) is 0 Å². The van der Waals surface area contributed by atoms with Gasteiger partial charge in [0, 0.05) is 24.2 Å². The molecule has 2 rings (SSSR count). The molecule has 6 heteroatoms. The van der Waals surface area contributed by atoms with Crippen LogP contribution in [0.2, 0.25) is 5.02 Å². The number of aryl methyl sites for hydroxylation is 2. The van der Waals surface area contributed by atoms with E-state index in [1.165, 1.54) is 0 Å². The number of hydrazine groups is 1. The number of nitrogens with two attached hydrogens (primary N) is 1. The molecular weight excluding hydrogens is 288 g/mol. The van der Waals surface area contributed by atoms with Gasteiger partial charge in [-0.2, -0.15) is 5.10 Å². The number of hydrogen-bond acceptors (Lipinski definition) is 4. The van der Waals surface area contributed by atoms with Gasteiger partial charge in [0.15, 0.2) is 0 Å². The maximum Gasteiger partial charge on any atom is 0.119 e. The molecule has 0 saturated carbocycles. The smallest absolute Gasteiger partial charge is 0.119 e. The maximum absolute atomic E-state index is 5.84. The summed E-state index contributed by atoms with van der Waals surface area (Å²) in [5, 5.41) is 5.13. The minimum Gasteiger partial charge on any atom is -0.492 e. The molecule has 0 aliphatic rings. The lowest BCUT2D eigenvalue weighted by molar-refractivity contribution is 0.262. The first-order valence-electron chi connectivity index (χ1n) is 6.98. The molecule has 0 radical (unpaired) electrons. The van der Waals surface area contributed by atoms with Gasteiger partial charge >= 0.3 is 0 Å². The lowest BCUT2D eigenvalue weighted by atomic mass is 10.1. The number of halogens is 1. The van der Waals surface area contributed by atoms with E-state index in [2.05, 4.69) is 23.5 Å². The van der Waals surface area contributed by atoms with Crippen LogP contribution < -0.4 is 16.0 Å². The van der Waals surface area contributed by atoms with Gasteiger partial charge in [0.1, 0.15) is 12.4 Å². The van der Waals surface area contributed by atoms with E-state index in [0.29, 0.717) is 11.6 Å². The average molecular weight is 309 g/mol. The van der Waals surface area contributed by atoms with E-state index in [1.807, 2.05) is 23.9 Å². The van der Waals surface area contributed by atoms with E-state index < -0.39 is 0 Å². The van der Waals surface area contributed by atoms with Gasteiger partial charge in [-0.3, -0.25) is 16.0 Å². The lowest BCUT2D eigenvalue weighted by Gasteiger charge is -2.16. The second kappa shape index (κ2) is 7.45. The van der Waals surface area contributed by atoms with Crippen molar-refractivity contribution in [3.8, 4) is 5.75 Å². The summed E-state index contributed by atoms with van der Waals surface area (Å²) in [5.74, 6) is 6.39. The van der Waals surface area contributed by atoms with Gasteiger partial charge in [0.2, 0.25) is 0 Å². The first kappa shape index (κ1) is 15.8. The fourth-order valence-electron chi connectivity index (χ4n) is 2.08. The molecule has 114 valence electrons. The molecule has 1 unspecified atom stereocenters. The molecule has 1 aromatic heterocycles. The van der Waals surface area contributed by atoms with Crippen molar-refractivity contribution in [3.63, 3.8) is 0 Å². The van der Waals surface area contributed by atoms with Crippen LogP contribution in [0, 0.1) is 0 Å². The summed E-state index contributed by atoms with van der Waals surface area (Å²) in [4.78, 5) is 0. The molecule has 1 aromatic carbocycles. The predicted molar refractivity (Wildman–Crippen MR) is 84.3 cm³/mol. The van der Waals surface area contributed by atoms with E-state index in [1.54, 1.807) is 12.1 Å². The fourth-order valence-corrected chi connectivity index (χ4v) is 2.21. The molecule has 0 bridgehead atoms. The van der Waals surface area contributed by atoms with Crippen LogP contribution in [-0.2, 0) is 19.9 Å². The molecule has 0 aliphatic carbocycles. The Kier molecular flexibility index (Phi) is 5.61. The van der Waals surface area contributed by atoms with Crippen molar-refractivity contribution in [2.24, 2.45) is 12.9 Å². The predicted octanol–water partition coefficient (Wildman–Crippen LogP) is 2.09. The SMILES string of the molecule is CCc1cc(CC(COc2ccc(Cl)cc2)NN)n(C)n1. The molecule has 0 fully saturated rings. The number of rotatable bonds is 7. The van der Waals surface area contributed by atoms with Gasteiger partial charge < -0.3 is 4.74 Å². The van der Waals surface area contributed by atoms with Crippen LogP contribution in [0.3, 0.4) is 0 Å². The molecule has 1 atom stereocenters. The average Bonchev–Trinajstić information content (AvgIpc) is 2.85. The van der Waals surface area contributed by atoms with Crippen molar-refractivity contribution >= 4 is 11.6 Å². The van der Waals surface area contributed by atoms with Gasteiger partial charge in [0.05, 0.1) is 11.7 Å². The third kappa shape index (κ3) is 4.46. The lowest BCUT2D eigenvalue weighted by Crippen LogP contribution is -2.41. The van der Waals surface area contributed by atoms with E-state index >= 15 is 0 Å². The minimum absolute atomic E-state index is 0.0146. The summed E-state index contributed by atoms with van der Waals surface area (Å²) < 4.78 is 7.62. The fraction of sp³-hybridized carbons (Fsp3) is 0.400. The normalized spacial score (nSPS) is 12.4. The van der Waals surface area contributed by atoms with Gasteiger partial charge in [-0.05, 0) is 36.8 Å². The number of hydrogen-bond donors (Lipinski definition) is 2. The highest BCUT2D eigenvalue weighted by atomic mass is 35.5. The largest absolute Gasteiger partial charge is 0.492 e. The van der Waals surface area contributed by atoms with Crippen LogP contribution in [0.1, 0.15) is 18.3 Å². The Morgan fingerprint density at radius 1 is 1.38 bits per heavy atom. The first-order chi connectivity index (χ1) is 10.1. The highest BCUT2D eigenvalue weighted by Crippen LogP contribution is 2.16. The van der Waals surface area contributed by atoms with Gasteiger partial charge in [0.25, 0.3) is 0 Å². The summed E-state index contributed by atoms with van der Waals surface area (Å²) in [6.07, 6.45) is 1.68. The molecule has 0 amide bonds. The maximum atomic E-state index is 5.84. The molecule has 3 N–H and O–H groups in total. The topological polar surface area (TPSA) is 65.1 Å². The summed E-state index contributed by atoms with van der Waals surface area (Å²) in [5.41, 5.74) is 5.01. The van der Waals surface area contributed by atoms with Gasteiger partial charge in [-0.1, -0.05) is 18.5 Å². The Balaban J connectivity index is 1.93. The van der Waals surface area contributed by atoms with Crippen LogP contribution in [-0.4, -0.2) is 22.4 Å². The Morgan fingerprint density at radius 3 is 2.67 bits per heavy atom. The van der Waals surface area contributed by atoms with Crippen molar-refractivity contribution in [3.05, 3.63) is 46.7 Å².